The first-order valence-electron chi connectivity index (χ1n) is 9.26. The highest BCUT2D eigenvalue weighted by molar-refractivity contribution is 14.0. The summed E-state index contributed by atoms with van der Waals surface area (Å²) in [5, 5.41) is 6.21. The van der Waals surface area contributed by atoms with Gasteiger partial charge < -0.3 is 20.3 Å². The molecule has 0 aliphatic heterocycles. The average molecular weight is 550 g/mol. The number of nitrogens with zero attached hydrogens (tertiary/aromatic N) is 2. The maximum absolute atomic E-state index is 12.5. The first-order valence-corrected chi connectivity index (χ1v) is 9.26. The molecule has 1 amide bonds. The third-order valence-electron chi connectivity index (χ3n) is 4.14. The molecule has 0 radical (unpaired) electrons. The fourth-order valence-corrected chi connectivity index (χ4v) is 2.51. The van der Waals surface area contributed by atoms with Crippen LogP contribution in [0.5, 0.6) is 5.75 Å². The van der Waals surface area contributed by atoms with E-state index in [1.54, 1.807) is 33.3 Å². The minimum atomic E-state index is -4.36. The van der Waals surface area contributed by atoms with Crippen molar-refractivity contribution < 1.29 is 22.7 Å². The van der Waals surface area contributed by atoms with Gasteiger partial charge in [-0.05, 0) is 42.0 Å². The van der Waals surface area contributed by atoms with E-state index in [0.29, 0.717) is 30.4 Å². The van der Waals surface area contributed by atoms with Gasteiger partial charge in [-0.1, -0.05) is 12.1 Å². The zero-order chi connectivity index (χ0) is 22.1. The van der Waals surface area contributed by atoms with Crippen LogP contribution in [0.3, 0.4) is 0 Å². The molecule has 0 spiro atoms. The van der Waals surface area contributed by atoms with Crippen LogP contribution in [0.1, 0.15) is 21.5 Å². The minimum Gasteiger partial charge on any atom is -0.492 e. The molecule has 0 heterocycles. The highest BCUT2D eigenvalue weighted by Crippen LogP contribution is 2.30. The summed E-state index contributed by atoms with van der Waals surface area (Å²) >= 11 is 0. The summed E-state index contributed by atoms with van der Waals surface area (Å²) in [6.45, 7) is 1.18. The van der Waals surface area contributed by atoms with E-state index >= 15 is 0 Å². The van der Waals surface area contributed by atoms with Crippen LogP contribution in [0.15, 0.2) is 53.5 Å². The van der Waals surface area contributed by atoms with E-state index in [1.807, 2.05) is 12.1 Å². The lowest BCUT2D eigenvalue weighted by atomic mass is 10.1. The van der Waals surface area contributed by atoms with Crippen molar-refractivity contribution in [2.45, 2.75) is 12.7 Å². The quantitative estimate of drug-likeness (QED) is 0.239. The fourth-order valence-electron chi connectivity index (χ4n) is 2.51. The van der Waals surface area contributed by atoms with Crippen molar-refractivity contribution in [1.29, 1.82) is 0 Å². The van der Waals surface area contributed by atoms with Gasteiger partial charge in [-0.2, -0.15) is 13.2 Å². The van der Waals surface area contributed by atoms with Crippen molar-refractivity contribution in [3.05, 3.63) is 65.2 Å². The van der Waals surface area contributed by atoms with Crippen LogP contribution in [0, 0.1) is 0 Å². The number of benzene rings is 2. The second-order valence-electron chi connectivity index (χ2n) is 6.62. The Morgan fingerprint density at radius 2 is 1.65 bits per heavy atom. The molecule has 0 atom stereocenters. The number of guanidine groups is 1. The van der Waals surface area contributed by atoms with Gasteiger partial charge in [0, 0.05) is 33.3 Å². The highest BCUT2D eigenvalue weighted by Gasteiger charge is 2.29. The van der Waals surface area contributed by atoms with Crippen molar-refractivity contribution >= 4 is 35.8 Å². The average Bonchev–Trinajstić information content (AvgIpc) is 2.72. The van der Waals surface area contributed by atoms with E-state index in [4.69, 9.17) is 4.74 Å². The van der Waals surface area contributed by atoms with Gasteiger partial charge in [0.15, 0.2) is 5.96 Å². The molecular weight excluding hydrogens is 524 g/mol. The Balaban J connectivity index is 0.00000480. The van der Waals surface area contributed by atoms with Crippen LogP contribution >= 0.6 is 24.0 Å². The zero-order valence-electron chi connectivity index (χ0n) is 17.5. The minimum absolute atomic E-state index is 0. The van der Waals surface area contributed by atoms with Crippen LogP contribution in [0.4, 0.5) is 13.2 Å². The number of carbonyl (C=O) groups excluding carboxylic acids is 1. The summed E-state index contributed by atoms with van der Waals surface area (Å²) in [7, 11) is 5.04. The Bertz CT molecular complexity index is 854. The Morgan fingerprint density at radius 1 is 1.03 bits per heavy atom. The van der Waals surface area contributed by atoms with Gasteiger partial charge in [-0.3, -0.25) is 9.79 Å². The standard InChI is InChI=1S/C21H25F3N4O2.HI/c1-25-20(27-14-15-4-6-16(7-5-15)19(29)28(2)3)26-12-13-30-18-10-8-17(9-11-18)21(22,23)24;/h4-11H,12-14H2,1-3H3,(H2,25,26,27);1H. The largest absolute Gasteiger partial charge is 0.492 e. The van der Waals surface area contributed by atoms with Crippen molar-refractivity contribution in [1.82, 2.24) is 15.5 Å². The maximum Gasteiger partial charge on any atom is 0.416 e. The van der Waals surface area contributed by atoms with E-state index in [1.165, 1.54) is 17.0 Å². The first-order chi connectivity index (χ1) is 14.2. The summed E-state index contributed by atoms with van der Waals surface area (Å²) in [6.07, 6.45) is -4.36. The van der Waals surface area contributed by atoms with Gasteiger partial charge in [0.05, 0.1) is 12.1 Å². The second-order valence-corrected chi connectivity index (χ2v) is 6.62. The summed E-state index contributed by atoms with van der Waals surface area (Å²) in [6, 6.07) is 11.8. The number of nitrogens with one attached hydrogen (secondary N) is 2. The van der Waals surface area contributed by atoms with Gasteiger partial charge in [-0.15, -0.1) is 24.0 Å². The van der Waals surface area contributed by atoms with Gasteiger partial charge in [0.25, 0.3) is 5.91 Å². The van der Waals surface area contributed by atoms with E-state index in [2.05, 4.69) is 15.6 Å². The van der Waals surface area contributed by atoms with Crippen LogP contribution in [0.25, 0.3) is 0 Å². The van der Waals surface area contributed by atoms with Gasteiger partial charge in [0.1, 0.15) is 12.4 Å². The third kappa shape index (κ3) is 8.64. The molecule has 6 nitrogen and oxygen atoms in total. The number of amides is 1. The van der Waals surface area contributed by atoms with Crippen LogP contribution in [-0.2, 0) is 12.7 Å². The molecule has 0 saturated carbocycles. The lowest BCUT2D eigenvalue weighted by Crippen LogP contribution is -2.38. The molecular formula is C21H26F3IN4O2. The molecule has 2 aromatic carbocycles. The van der Waals surface area contributed by atoms with E-state index in [9.17, 15) is 18.0 Å². The molecule has 0 fully saturated rings. The number of hydrogen-bond donors (Lipinski definition) is 2. The molecule has 31 heavy (non-hydrogen) atoms. The second kappa shape index (κ2) is 12.4. The van der Waals surface area contributed by atoms with Crippen molar-refractivity contribution in [3.63, 3.8) is 0 Å². The van der Waals surface area contributed by atoms with Gasteiger partial charge in [-0.25, -0.2) is 0 Å². The van der Waals surface area contributed by atoms with Crippen molar-refractivity contribution in [2.75, 3.05) is 34.3 Å². The SMILES string of the molecule is CN=C(NCCOc1ccc(C(F)(F)F)cc1)NCc1ccc(C(=O)N(C)C)cc1.I. The lowest BCUT2D eigenvalue weighted by molar-refractivity contribution is -0.137. The van der Waals surface area contributed by atoms with E-state index in [0.717, 1.165) is 17.7 Å². The molecule has 170 valence electrons. The summed E-state index contributed by atoms with van der Waals surface area (Å²) < 4.78 is 43.1. The Hall–Kier alpha value is -2.50. The van der Waals surface area contributed by atoms with Gasteiger partial charge in [0.2, 0.25) is 0 Å². The van der Waals surface area contributed by atoms with Crippen LogP contribution in [-0.4, -0.2) is 51.1 Å². The predicted octanol–water partition coefficient (Wildman–Crippen LogP) is 3.77. The topological polar surface area (TPSA) is 66.0 Å². The number of carbonyl (C=O) groups is 1. The number of aliphatic imine (C=N–C) groups is 1. The number of halogens is 4. The van der Waals surface area contributed by atoms with Crippen LogP contribution in [0.2, 0.25) is 0 Å². The molecule has 0 unspecified atom stereocenters. The predicted molar refractivity (Wildman–Crippen MR) is 125 cm³/mol. The molecule has 0 saturated heterocycles. The molecule has 2 aromatic rings. The Kier molecular flexibility index (Phi) is 10.6. The Labute approximate surface area is 196 Å². The summed E-state index contributed by atoms with van der Waals surface area (Å²) in [5.41, 5.74) is 0.887. The van der Waals surface area contributed by atoms with Crippen molar-refractivity contribution in [2.24, 2.45) is 4.99 Å². The smallest absolute Gasteiger partial charge is 0.416 e. The molecule has 10 heteroatoms. The fraction of sp³-hybridized carbons (Fsp3) is 0.333. The zero-order valence-corrected chi connectivity index (χ0v) is 19.8. The maximum atomic E-state index is 12.5. The molecule has 2 N–H and O–H groups in total. The molecule has 0 aliphatic rings. The van der Waals surface area contributed by atoms with Crippen molar-refractivity contribution in [3.8, 4) is 5.75 Å². The lowest BCUT2D eigenvalue weighted by Gasteiger charge is -2.14. The molecule has 0 aliphatic carbocycles. The number of alkyl halides is 3. The third-order valence-corrected chi connectivity index (χ3v) is 4.14. The van der Waals surface area contributed by atoms with E-state index in [-0.39, 0.29) is 36.5 Å². The molecule has 2 rings (SSSR count). The normalized spacial score (nSPS) is 11.4. The van der Waals surface area contributed by atoms with E-state index < -0.39 is 11.7 Å². The monoisotopic (exact) mass is 550 g/mol. The Morgan fingerprint density at radius 3 is 2.16 bits per heavy atom. The van der Waals surface area contributed by atoms with Gasteiger partial charge >= 0.3 is 6.18 Å². The number of ether oxygens (including phenoxy) is 1. The summed E-state index contributed by atoms with van der Waals surface area (Å²) in [5.74, 6) is 0.861. The van der Waals surface area contributed by atoms with Crippen LogP contribution < -0.4 is 15.4 Å². The highest BCUT2D eigenvalue weighted by atomic mass is 127. The first kappa shape index (κ1) is 26.5. The summed E-state index contributed by atoms with van der Waals surface area (Å²) in [4.78, 5) is 17.5. The number of rotatable bonds is 7. The molecule has 0 bridgehead atoms. The number of hydrogen-bond acceptors (Lipinski definition) is 3. The molecule has 0 aromatic heterocycles.